The van der Waals surface area contributed by atoms with E-state index in [0.29, 0.717) is 12.1 Å². The molecule has 0 unspecified atom stereocenters. The van der Waals surface area contributed by atoms with Gasteiger partial charge in [-0.25, -0.2) is 0 Å². The predicted molar refractivity (Wildman–Crippen MR) is 96.0 cm³/mol. The third-order valence-electron chi connectivity index (χ3n) is 3.71. The fraction of sp³-hybridized carbons (Fsp3) is 0.100. The van der Waals surface area contributed by atoms with Gasteiger partial charge >= 0.3 is 0 Å². The van der Waals surface area contributed by atoms with E-state index in [4.69, 9.17) is 0 Å². The predicted octanol–water partition coefficient (Wildman–Crippen LogP) is 3.60. The number of hydrogen-bond acceptors (Lipinski definition) is 2. The van der Waals surface area contributed by atoms with Crippen molar-refractivity contribution in [2.75, 3.05) is 11.9 Å². The summed E-state index contributed by atoms with van der Waals surface area (Å²) >= 11 is 0. The van der Waals surface area contributed by atoms with Crippen molar-refractivity contribution in [2.45, 2.75) is 6.42 Å². The first-order chi connectivity index (χ1) is 11.7. The molecule has 0 radical (unpaired) electrons. The fourth-order valence-corrected chi connectivity index (χ4v) is 2.47. The molecule has 0 heterocycles. The lowest BCUT2D eigenvalue weighted by Crippen LogP contribution is -2.27. The van der Waals surface area contributed by atoms with E-state index < -0.39 is 0 Å². The highest BCUT2D eigenvalue weighted by molar-refractivity contribution is 5.96. The largest absolute Gasteiger partial charge is 0.352 e. The zero-order valence-corrected chi connectivity index (χ0v) is 13.2. The Kier molecular flexibility index (Phi) is 4.87. The van der Waals surface area contributed by atoms with Crippen LogP contribution in [0.3, 0.4) is 0 Å². The average Bonchev–Trinajstić information content (AvgIpc) is 2.62. The Bertz CT molecular complexity index is 860. The van der Waals surface area contributed by atoms with Crippen LogP contribution in [0.25, 0.3) is 10.8 Å². The molecule has 0 aromatic heterocycles. The van der Waals surface area contributed by atoms with Gasteiger partial charge in [-0.3, -0.25) is 9.59 Å². The molecule has 3 rings (SSSR count). The summed E-state index contributed by atoms with van der Waals surface area (Å²) in [5.41, 5.74) is 1.35. The van der Waals surface area contributed by atoms with Gasteiger partial charge in [0.15, 0.2) is 0 Å². The molecule has 0 aliphatic rings. The maximum atomic E-state index is 12.0. The second-order valence-corrected chi connectivity index (χ2v) is 5.48. The lowest BCUT2D eigenvalue weighted by molar-refractivity contribution is -0.116. The van der Waals surface area contributed by atoms with Crippen LogP contribution in [0.15, 0.2) is 72.8 Å². The topological polar surface area (TPSA) is 58.2 Å². The highest BCUT2D eigenvalue weighted by Gasteiger charge is 2.06. The molecule has 4 heteroatoms. The maximum absolute atomic E-state index is 12.0. The summed E-state index contributed by atoms with van der Waals surface area (Å²) in [6.45, 7) is 0.299. The molecule has 0 bridgehead atoms. The lowest BCUT2D eigenvalue weighted by Gasteiger charge is -2.08. The number of carbonyl (C=O) groups excluding carboxylic acids is 2. The SMILES string of the molecule is O=C(CCNC(=O)c1ccccc1)Nc1ccc2ccccc2c1. The van der Waals surface area contributed by atoms with Gasteiger partial charge in [-0.15, -0.1) is 0 Å². The molecule has 0 atom stereocenters. The third kappa shape index (κ3) is 3.98. The van der Waals surface area contributed by atoms with Crippen LogP contribution >= 0.6 is 0 Å². The number of amides is 2. The second kappa shape index (κ2) is 7.42. The molecular formula is C20H18N2O2. The van der Waals surface area contributed by atoms with Gasteiger partial charge in [-0.05, 0) is 35.0 Å². The molecular weight excluding hydrogens is 300 g/mol. The molecule has 0 aliphatic carbocycles. The molecule has 0 saturated heterocycles. The average molecular weight is 318 g/mol. The Morgan fingerprint density at radius 1 is 0.792 bits per heavy atom. The van der Waals surface area contributed by atoms with Crippen LogP contribution in [0, 0.1) is 0 Å². The number of fused-ring (bicyclic) bond motifs is 1. The van der Waals surface area contributed by atoms with E-state index >= 15 is 0 Å². The van der Waals surface area contributed by atoms with E-state index in [1.807, 2.05) is 48.5 Å². The number of anilines is 1. The first kappa shape index (κ1) is 15.7. The van der Waals surface area contributed by atoms with Crippen molar-refractivity contribution >= 4 is 28.3 Å². The molecule has 0 spiro atoms. The zero-order chi connectivity index (χ0) is 16.8. The molecule has 2 N–H and O–H groups in total. The Morgan fingerprint density at radius 3 is 2.29 bits per heavy atom. The Labute approximate surface area is 140 Å². The molecule has 120 valence electrons. The number of rotatable bonds is 5. The summed E-state index contributed by atoms with van der Waals surface area (Å²) in [7, 11) is 0. The summed E-state index contributed by atoms with van der Waals surface area (Å²) < 4.78 is 0. The quantitative estimate of drug-likeness (QED) is 0.755. The standard InChI is InChI=1S/C20H18N2O2/c23-19(12-13-21-20(24)16-7-2-1-3-8-16)22-18-11-10-15-6-4-5-9-17(15)14-18/h1-11,14H,12-13H2,(H,21,24)(H,22,23). The van der Waals surface area contributed by atoms with Crippen LogP contribution in [-0.2, 0) is 4.79 Å². The van der Waals surface area contributed by atoms with Crippen LogP contribution in [0.2, 0.25) is 0 Å². The molecule has 2 amide bonds. The highest BCUT2D eigenvalue weighted by atomic mass is 16.2. The molecule has 0 fully saturated rings. The van der Waals surface area contributed by atoms with Crippen molar-refractivity contribution < 1.29 is 9.59 Å². The summed E-state index contributed by atoms with van der Waals surface area (Å²) in [5, 5.41) is 7.81. The van der Waals surface area contributed by atoms with Crippen molar-refractivity contribution in [3.05, 3.63) is 78.4 Å². The Morgan fingerprint density at radius 2 is 1.50 bits per heavy atom. The molecule has 3 aromatic rings. The third-order valence-corrected chi connectivity index (χ3v) is 3.71. The summed E-state index contributed by atoms with van der Waals surface area (Å²) in [5.74, 6) is -0.298. The number of benzene rings is 3. The fourth-order valence-electron chi connectivity index (χ4n) is 2.47. The van der Waals surface area contributed by atoms with Gasteiger partial charge < -0.3 is 10.6 Å². The van der Waals surface area contributed by atoms with Gasteiger partial charge in [0, 0.05) is 24.2 Å². The van der Waals surface area contributed by atoms with Crippen LogP contribution in [0.1, 0.15) is 16.8 Å². The molecule has 24 heavy (non-hydrogen) atoms. The second-order valence-electron chi connectivity index (χ2n) is 5.48. The molecule has 0 aliphatic heterocycles. The van der Waals surface area contributed by atoms with Crippen molar-refractivity contribution in [1.29, 1.82) is 0 Å². The smallest absolute Gasteiger partial charge is 0.251 e. The summed E-state index contributed by atoms with van der Waals surface area (Å²) in [6, 6.07) is 22.7. The molecule has 4 nitrogen and oxygen atoms in total. The lowest BCUT2D eigenvalue weighted by atomic mass is 10.1. The minimum atomic E-state index is -0.172. The van der Waals surface area contributed by atoms with Crippen molar-refractivity contribution in [3.8, 4) is 0 Å². The van der Waals surface area contributed by atoms with Crippen molar-refractivity contribution in [1.82, 2.24) is 5.32 Å². The van der Waals surface area contributed by atoms with E-state index in [0.717, 1.165) is 16.5 Å². The van der Waals surface area contributed by atoms with Gasteiger partial charge in [-0.1, -0.05) is 48.5 Å². The Hall–Kier alpha value is -3.14. The van der Waals surface area contributed by atoms with E-state index in [9.17, 15) is 9.59 Å². The van der Waals surface area contributed by atoms with Gasteiger partial charge in [0.05, 0.1) is 0 Å². The first-order valence-corrected chi connectivity index (χ1v) is 7.84. The van der Waals surface area contributed by atoms with Gasteiger partial charge in [0.1, 0.15) is 0 Å². The van der Waals surface area contributed by atoms with E-state index in [-0.39, 0.29) is 18.2 Å². The highest BCUT2D eigenvalue weighted by Crippen LogP contribution is 2.18. The summed E-state index contributed by atoms with van der Waals surface area (Å²) in [4.78, 5) is 23.9. The Balaban J connectivity index is 1.51. The van der Waals surface area contributed by atoms with Gasteiger partial charge in [0.25, 0.3) is 5.91 Å². The van der Waals surface area contributed by atoms with E-state index in [2.05, 4.69) is 10.6 Å². The van der Waals surface area contributed by atoms with Crippen LogP contribution in [0.4, 0.5) is 5.69 Å². The maximum Gasteiger partial charge on any atom is 0.251 e. The van der Waals surface area contributed by atoms with Gasteiger partial charge in [0.2, 0.25) is 5.91 Å². The van der Waals surface area contributed by atoms with Crippen molar-refractivity contribution in [2.24, 2.45) is 0 Å². The van der Waals surface area contributed by atoms with E-state index in [1.54, 1.807) is 24.3 Å². The zero-order valence-electron chi connectivity index (χ0n) is 13.2. The minimum absolute atomic E-state index is 0.126. The first-order valence-electron chi connectivity index (χ1n) is 7.84. The molecule has 0 saturated carbocycles. The van der Waals surface area contributed by atoms with Crippen molar-refractivity contribution in [3.63, 3.8) is 0 Å². The number of nitrogens with one attached hydrogen (secondary N) is 2. The minimum Gasteiger partial charge on any atom is -0.352 e. The number of hydrogen-bond donors (Lipinski definition) is 2. The monoisotopic (exact) mass is 318 g/mol. The van der Waals surface area contributed by atoms with Crippen LogP contribution in [-0.4, -0.2) is 18.4 Å². The number of carbonyl (C=O) groups is 2. The molecule has 3 aromatic carbocycles. The van der Waals surface area contributed by atoms with Gasteiger partial charge in [-0.2, -0.15) is 0 Å². The summed E-state index contributed by atoms with van der Waals surface area (Å²) in [6.07, 6.45) is 0.228. The van der Waals surface area contributed by atoms with E-state index in [1.165, 1.54) is 0 Å². The van der Waals surface area contributed by atoms with Crippen LogP contribution in [0.5, 0.6) is 0 Å². The normalized spacial score (nSPS) is 10.3. The van der Waals surface area contributed by atoms with Crippen LogP contribution < -0.4 is 10.6 Å².